The molecular weight excluding hydrogens is 298 g/mol. The van der Waals surface area contributed by atoms with Gasteiger partial charge in [-0.05, 0) is 44.6 Å². The van der Waals surface area contributed by atoms with Crippen LogP contribution in [0.4, 0.5) is 0 Å². The minimum absolute atomic E-state index is 0.149. The molecule has 1 atom stereocenters. The van der Waals surface area contributed by atoms with Crippen molar-refractivity contribution in [1.29, 1.82) is 0 Å². The van der Waals surface area contributed by atoms with E-state index in [9.17, 15) is 4.79 Å². The number of hydrogen-bond acceptors (Lipinski definition) is 5. The monoisotopic (exact) mass is 319 g/mol. The maximum Gasteiger partial charge on any atom is 0.256 e. The smallest absolute Gasteiger partial charge is 0.256 e. The molecule has 5 nitrogen and oxygen atoms in total. The van der Waals surface area contributed by atoms with Gasteiger partial charge in [-0.25, -0.2) is 4.98 Å². The zero-order chi connectivity index (χ0) is 15.9. The van der Waals surface area contributed by atoms with Crippen LogP contribution in [0.15, 0.2) is 35.8 Å². The molecule has 0 unspecified atom stereocenters. The van der Waals surface area contributed by atoms with Crippen LogP contribution in [-0.2, 0) is 0 Å². The third-order valence-corrected chi connectivity index (χ3v) is 4.22. The standard InChI is InChI=1S/C16H21N3O2S/c1-4-21-16-12(7-5-9-17-16)15(20)18-11-13(19(2)3)14-8-6-10-22-14/h5-10,13H,4,11H2,1-3H3,(H,18,20)/t13-/m0/s1. The van der Waals surface area contributed by atoms with Crippen LogP contribution in [0.25, 0.3) is 0 Å². The van der Waals surface area contributed by atoms with Gasteiger partial charge in [-0.15, -0.1) is 11.3 Å². The fraction of sp³-hybridized carbons (Fsp3) is 0.375. The zero-order valence-corrected chi connectivity index (χ0v) is 13.9. The van der Waals surface area contributed by atoms with Crippen molar-refractivity contribution in [2.45, 2.75) is 13.0 Å². The number of pyridine rings is 1. The summed E-state index contributed by atoms with van der Waals surface area (Å²) in [6.45, 7) is 2.88. The molecule has 2 heterocycles. The van der Waals surface area contributed by atoms with Gasteiger partial charge < -0.3 is 15.0 Å². The number of rotatable bonds is 7. The van der Waals surface area contributed by atoms with Gasteiger partial charge in [-0.3, -0.25) is 4.79 Å². The van der Waals surface area contributed by atoms with Crippen LogP contribution < -0.4 is 10.1 Å². The minimum Gasteiger partial charge on any atom is -0.477 e. The molecule has 0 aliphatic heterocycles. The Kier molecular flexibility index (Phi) is 5.91. The molecule has 0 radical (unpaired) electrons. The highest BCUT2D eigenvalue weighted by Gasteiger charge is 2.18. The summed E-state index contributed by atoms with van der Waals surface area (Å²) < 4.78 is 5.40. The molecule has 0 saturated carbocycles. The van der Waals surface area contributed by atoms with Crippen LogP contribution in [0.1, 0.15) is 28.2 Å². The van der Waals surface area contributed by atoms with E-state index < -0.39 is 0 Å². The van der Waals surface area contributed by atoms with E-state index in [1.54, 1.807) is 29.7 Å². The first kappa shape index (κ1) is 16.5. The third-order valence-electron chi connectivity index (χ3n) is 3.25. The molecule has 2 rings (SSSR count). The van der Waals surface area contributed by atoms with Crippen molar-refractivity contribution in [1.82, 2.24) is 15.2 Å². The van der Waals surface area contributed by atoms with Gasteiger partial charge >= 0.3 is 0 Å². The number of hydrogen-bond donors (Lipinski definition) is 1. The van der Waals surface area contributed by atoms with E-state index in [-0.39, 0.29) is 11.9 Å². The maximum atomic E-state index is 12.4. The van der Waals surface area contributed by atoms with E-state index in [2.05, 4.69) is 21.3 Å². The molecular formula is C16H21N3O2S. The van der Waals surface area contributed by atoms with Gasteiger partial charge in [0.1, 0.15) is 5.56 Å². The van der Waals surface area contributed by atoms with Crippen LogP contribution in [0.3, 0.4) is 0 Å². The summed E-state index contributed by atoms with van der Waals surface area (Å²) in [4.78, 5) is 19.8. The lowest BCUT2D eigenvalue weighted by Crippen LogP contribution is -2.34. The lowest BCUT2D eigenvalue weighted by Gasteiger charge is -2.23. The molecule has 0 aliphatic carbocycles. The number of carbonyl (C=O) groups is 1. The van der Waals surface area contributed by atoms with Crippen LogP contribution in [-0.4, -0.2) is 43.0 Å². The minimum atomic E-state index is -0.167. The van der Waals surface area contributed by atoms with Gasteiger partial charge in [0, 0.05) is 17.6 Å². The lowest BCUT2D eigenvalue weighted by molar-refractivity contribution is 0.0937. The molecule has 0 aromatic carbocycles. The van der Waals surface area contributed by atoms with Gasteiger partial charge in [-0.1, -0.05) is 6.07 Å². The molecule has 0 bridgehead atoms. The van der Waals surface area contributed by atoms with E-state index in [0.717, 1.165) is 0 Å². The summed E-state index contributed by atoms with van der Waals surface area (Å²) >= 11 is 1.69. The number of amides is 1. The third kappa shape index (κ3) is 4.05. The van der Waals surface area contributed by atoms with E-state index >= 15 is 0 Å². The number of likely N-dealkylation sites (N-methyl/N-ethyl adjacent to an activating group) is 1. The molecule has 118 valence electrons. The van der Waals surface area contributed by atoms with Crippen LogP contribution >= 0.6 is 11.3 Å². The SMILES string of the molecule is CCOc1ncccc1C(=O)NC[C@@H](c1cccs1)N(C)C. The Hall–Kier alpha value is -1.92. The Labute approximate surface area is 134 Å². The van der Waals surface area contributed by atoms with Gasteiger partial charge in [0.25, 0.3) is 5.91 Å². The molecule has 0 fully saturated rings. The first-order valence-corrected chi connectivity index (χ1v) is 8.07. The van der Waals surface area contributed by atoms with Gasteiger partial charge in [-0.2, -0.15) is 0 Å². The average Bonchev–Trinajstić information content (AvgIpc) is 3.02. The fourth-order valence-electron chi connectivity index (χ4n) is 2.12. The summed E-state index contributed by atoms with van der Waals surface area (Å²) in [5.74, 6) is 0.208. The van der Waals surface area contributed by atoms with E-state index in [1.807, 2.05) is 32.5 Å². The molecule has 2 aromatic heterocycles. The summed E-state index contributed by atoms with van der Waals surface area (Å²) in [6.07, 6.45) is 1.62. The first-order valence-electron chi connectivity index (χ1n) is 7.19. The van der Waals surface area contributed by atoms with Crippen molar-refractivity contribution in [3.63, 3.8) is 0 Å². The molecule has 1 amide bonds. The van der Waals surface area contributed by atoms with Crippen LogP contribution in [0.2, 0.25) is 0 Å². The van der Waals surface area contributed by atoms with Crippen LogP contribution in [0, 0.1) is 0 Å². The van der Waals surface area contributed by atoms with Gasteiger partial charge in [0.15, 0.2) is 0 Å². The molecule has 22 heavy (non-hydrogen) atoms. The number of carbonyl (C=O) groups excluding carboxylic acids is 1. The Balaban J connectivity index is 2.06. The fourth-order valence-corrected chi connectivity index (χ4v) is 3.04. The second-order valence-corrected chi connectivity index (χ2v) is 5.97. The number of thiophene rings is 1. The topological polar surface area (TPSA) is 54.5 Å². The molecule has 2 aromatic rings. The highest BCUT2D eigenvalue weighted by atomic mass is 32.1. The number of nitrogens with one attached hydrogen (secondary N) is 1. The van der Waals surface area contributed by atoms with Crippen molar-refractivity contribution < 1.29 is 9.53 Å². The second kappa shape index (κ2) is 7.91. The lowest BCUT2D eigenvalue weighted by atomic mass is 10.2. The van der Waals surface area contributed by atoms with Crippen molar-refractivity contribution in [3.05, 3.63) is 46.3 Å². The Bertz CT molecular complexity index is 599. The quantitative estimate of drug-likeness (QED) is 0.852. The number of aromatic nitrogens is 1. The van der Waals surface area contributed by atoms with Gasteiger partial charge in [0.2, 0.25) is 5.88 Å². The molecule has 0 aliphatic rings. The molecule has 0 saturated heterocycles. The summed E-state index contributed by atoms with van der Waals surface area (Å²) in [6, 6.07) is 7.71. The van der Waals surface area contributed by atoms with Crippen molar-refractivity contribution in [2.75, 3.05) is 27.2 Å². The number of ether oxygens (including phenoxy) is 1. The summed E-state index contributed by atoms with van der Waals surface area (Å²) in [5, 5.41) is 5.02. The number of nitrogens with zero attached hydrogens (tertiary/aromatic N) is 2. The Morgan fingerprint density at radius 3 is 2.86 bits per heavy atom. The Morgan fingerprint density at radius 1 is 1.41 bits per heavy atom. The summed E-state index contributed by atoms with van der Waals surface area (Å²) in [7, 11) is 4.01. The maximum absolute atomic E-state index is 12.4. The first-order chi connectivity index (χ1) is 10.6. The van der Waals surface area contributed by atoms with Crippen molar-refractivity contribution >= 4 is 17.2 Å². The zero-order valence-electron chi connectivity index (χ0n) is 13.1. The molecule has 0 spiro atoms. The largest absolute Gasteiger partial charge is 0.477 e. The summed E-state index contributed by atoms with van der Waals surface area (Å²) in [5.41, 5.74) is 0.466. The molecule has 1 N–H and O–H groups in total. The van der Waals surface area contributed by atoms with E-state index in [4.69, 9.17) is 4.74 Å². The highest BCUT2D eigenvalue weighted by Crippen LogP contribution is 2.22. The van der Waals surface area contributed by atoms with Crippen LogP contribution in [0.5, 0.6) is 5.88 Å². The molecule has 6 heteroatoms. The van der Waals surface area contributed by atoms with Gasteiger partial charge in [0.05, 0.1) is 12.6 Å². The highest BCUT2D eigenvalue weighted by molar-refractivity contribution is 7.10. The average molecular weight is 319 g/mol. The predicted octanol–water partition coefficient (Wildman–Crippen LogP) is 2.57. The van der Waals surface area contributed by atoms with E-state index in [1.165, 1.54) is 4.88 Å². The van der Waals surface area contributed by atoms with Crippen molar-refractivity contribution in [3.8, 4) is 5.88 Å². The van der Waals surface area contributed by atoms with Crippen molar-refractivity contribution in [2.24, 2.45) is 0 Å². The van der Waals surface area contributed by atoms with E-state index in [0.29, 0.717) is 24.6 Å². The Morgan fingerprint density at radius 2 is 2.23 bits per heavy atom. The normalized spacial score (nSPS) is 12.2. The second-order valence-electron chi connectivity index (χ2n) is 4.99. The predicted molar refractivity (Wildman–Crippen MR) is 88.5 cm³/mol.